The van der Waals surface area contributed by atoms with E-state index in [1.54, 1.807) is 0 Å². The lowest BCUT2D eigenvalue weighted by molar-refractivity contribution is -0.304. The van der Waals surface area contributed by atoms with Crippen LogP contribution >= 0.6 is 0 Å². The Balaban J connectivity index is 2.16. The van der Waals surface area contributed by atoms with Crippen LogP contribution in [0.1, 0.15) is 131 Å². The summed E-state index contributed by atoms with van der Waals surface area (Å²) in [5, 5.41) is 9.18. The van der Waals surface area contributed by atoms with E-state index < -0.39 is 0 Å². The molecule has 1 N–H and O–H groups in total. The Morgan fingerprint density at radius 2 is 1.06 bits per heavy atom. The number of aliphatic hydroxyl groups is 1. The minimum absolute atomic E-state index is 0.233. The van der Waals surface area contributed by atoms with Gasteiger partial charge < -0.3 is 24.2 Å². The van der Waals surface area contributed by atoms with Gasteiger partial charge in [-0.25, -0.2) is 9.78 Å². The number of β-amino-alcohol motifs (C(OH)–C–C–N with tert-alkyl or cyclic N) is 1. The van der Waals surface area contributed by atoms with Gasteiger partial charge in [-0.05, 0) is 61.1 Å². The first-order chi connectivity index (χ1) is 23.5. The zero-order valence-corrected chi connectivity index (χ0v) is 31.9. The third-order valence-electron chi connectivity index (χ3n) is 10.0. The van der Waals surface area contributed by atoms with Gasteiger partial charge in [0.25, 0.3) is 0 Å². The fourth-order valence-corrected chi connectivity index (χ4v) is 6.28. The second kappa shape index (κ2) is 27.2. The Morgan fingerprint density at radius 1 is 0.604 bits per heavy atom. The van der Waals surface area contributed by atoms with Crippen LogP contribution in [0.4, 0.5) is 0 Å². The van der Waals surface area contributed by atoms with Crippen molar-refractivity contribution in [2.24, 2.45) is 17.8 Å². The second-order valence-electron chi connectivity index (χ2n) is 13.9. The van der Waals surface area contributed by atoms with Crippen LogP contribution in [0.5, 0.6) is 17.2 Å². The van der Waals surface area contributed by atoms with Gasteiger partial charge in [0, 0.05) is 39.3 Å². The molecular weight excluding hydrogens is 604 g/mol. The van der Waals surface area contributed by atoms with Crippen molar-refractivity contribution in [3.05, 3.63) is 17.7 Å². The van der Waals surface area contributed by atoms with Gasteiger partial charge in [0.1, 0.15) is 6.61 Å². The zero-order valence-electron chi connectivity index (χ0n) is 31.9. The molecule has 1 fully saturated rings. The second-order valence-corrected chi connectivity index (χ2v) is 13.9. The van der Waals surface area contributed by atoms with Crippen molar-refractivity contribution in [1.29, 1.82) is 0 Å². The molecule has 8 nitrogen and oxygen atoms in total. The number of benzene rings is 1. The standard InChI is InChI=1S/C40H74N2O6/c1-7-13-17-34(10-4)30-44-38-28-37(33-48-47-27-16-20-41-21-23-42(24-22-41)25-26-43)29-39(45-31-35(11-5)18-14-8-2)40(38)46-32-36(12-6)19-15-9-3/h28-29,34-36,43H,7-27,30-33H2,1-6H3. The number of nitrogens with zero attached hydrogens (tertiary/aromatic N) is 2. The third kappa shape index (κ3) is 17.4. The van der Waals surface area contributed by atoms with Crippen LogP contribution in [-0.4, -0.2) is 87.2 Å². The van der Waals surface area contributed by atoms with Crippen LogP contribution in [0.3, 0.4) is 0 Å². The lowest BCUT2D eigenvalue weighted by Crippen LogP contribution is -2.47. The van der Waals surface area contributed by atoms with Gasteiger partial charge in [-0.3, -0.25) is 4.90 Å². The van der Waals surface area contributed by atoms with Crippen LogP contribution in [0.2, 0.25) is 0 Å². The first-order valence-corrected chi connectivity index (χ1v) is 19.9. The monoisotopic (exact) mass is 679 g/mol. The first-order valence-electron chi connectivity index (χ1n) is 19.9. The highest BCUT2D eigenvalue weighted by Gasteiger charge is 2.21. The Hall–Kier alpha value is -1.58. The van der Waals surface area contributed by atoms with Crippen molar-refractivity contribution in [3.8, 4) is 17.2 Å². The van der Waals surface area contributed by atoms with E-state index in [4.69, 9.17) is 24.0 Å². The molecule has 3 unspecified atom stereocenters. The van der Waals surface area contributed by atoms with E-state index in [0.717, 1.165) is 87.8 Å². The molecular formula is C40H74N2O6. The predicted molar refractivity (Wildman–Crippen MR) is 198 cm³/mol. The summed E-state index contributed by atoms with van der Waals surface area (Å²) in [6.07, 6.45) is 15.0. The first kappa shape index (κ1) is 42.6. The Bertz CT molecular complexity index is 869. The van der Waals surface area contributed by atoms with Crippen molar-refractivity contribution in [3.63, 3.8) is 0 Å². The van der Waals surface area contributed by atoms with E-state index in [1.807, 2.05) is 0 Å². The zero-order chi connectivity index (χ0) is 34.8. The van der Waals surface area contributed by atoms with Crippen molar-refractivity contribution >= 4 is 0 Å². The fourth-order valence-electron chi connectivity index (χ4n) is 6.28. The van der Waals surface area contributed by atoms with Gasteiger partial charge in [0.2, 0.25) is 5.75 Å². The molecule has 8 heteroatoms. The molecule has 1 aliphatic heterocycles. The summed E-state index contributed by atoms with van der Waals surface area (Å²) in [5.74, 6) is 3.78. The van der Waals surface area contributed by atoms with Crippen molar-refractivity contribution < 1.29 is 29.1 Å². The van der Waals surface area contributed by atoms with Gasteiger partial charge in [0.05, 0.1) is 33.0 Å². The van der Waals surface area contributed by atoms with Gasteiger partial charge >= 0.3 is 0 Å². The number of aliphatic hydroxyl groups excluding tert-OH is 1. The minimum Gasteiger partial charge on any atom is -0.489 e. The molecule has 1 aromatic rings. The molecule has 1 saturated heterocycles. The van der Waals surface area contributed by atoms with Crippen LogP contribution < -0.4 is 14.2 Å². The average molecular weight is 679 g/mol. The molecule has 0 saturated carbocycles. The van der Waals surface area contributed by atoms with Crippen molar-refractivity contribution in [1.82, 2.24) is 9.80 Å². The topological polar surface area (TPSA) is 72.9 Å². The molecule has 48 heavy (non-hydrogen) atoms. The van der Waals surface area contributed by atoms with Gasteiger partial charge in [-0.1, -0.05) is 99.3 Å². The largest absolute Gasteiger partial charge is 0.489 e. The highest BCUT2D eigenvalue weighted by Crippen LogP contribution is 2.41. The molecule has 0 radical (unpaired) electrons. The summed E-state index contributed by atoms with van der Waals surface area (Å²) < 4.78 is 19.9. The maximum atomic E-state index is 9.18. The molecule has 0 bridgehead atoms. The molecule has 0 amide bonds. The summed E-state index contributed by atoms with van der Waals surface area (Å²) >= 11 is 0. The summed E-state index contributed by atoms with van der Waals surface area (Å²) in [4.78, 5) is 16.2. The summed E-state index contributed by atoms with van der Waals surface area (Å²) in [5.41, 5.74) is 0.966. The molecule has 1 aromatic carbocycles. The average Bonchev–Trinajstić information content (AvgIpc) is 3.11. The number of unbranched alkanes of at least 4 members (excludes halogenated alkanes) is 3. The van der Waals surface area contributed by atoms with Crippen LogP contribution in [0.25, 0.3) is 0 Å². The minimum atomic E-state index is 0.233. The quantitative estimate of drug-likeness (QED) is 0.0492. The lowest BCUT2D eigenvalue weighted by Gasteiger charge is -2.34. The summed E-state index contributed by atoms with van der Waals surface area (Å²) in [6, 6.07) is 4.15. The van der Waals surface area contributed by atoms with Crippen molar-refractivity contribution in [2.45, 2.75) is 132 Å². The number of hydrogen-bond donors (Lipinski definition) is 1. The van der Waals surface area contributed by atoms with E-state index in [9.17, 15) is 5.11 Å². The van der Waals surface area contributed by atoms with E-state index in [2.05, 4.69) is 63.5 Å². The number of ether oxygens (including phenoxy) is 3. The van der Waals surface area contributed by atoms with Crippen LogP contribution in [0, 0.1) is 17.8 Å². The smallest absolute Gasteiger partial charge is 0.203 e. The summed E-state index contributed by atoms with van der Waals surface area (Å²) in [7, 11) is 0. The Kier molecular flexibility index (Phi) is 24.1. The van der Waals surface area contributed by atoms with E-state index >= 15 is 0 Å². The Labute approximate surface area is 295 Å². The van der Waals surface area contributed by atoms with Gasteiger partial charge in [-0.2, -0.15) is 0 Å². The molecule has 0 aromatic heterocycles. The maximum absolute atomic E-state index is 9.18. The SMILES string of the molecule is CCCCC(CC)COc1cc(COOCCCN2CCN(CCO)CC2)cc(OCC(CC)CCCC)c1OCC(CC)CCCC. The molecule has 1 heterocycles. The molecule has 0 aliphatic carbocycles. The molecule has 1 aliphatic rings. The highest BCUT2D eigenvalue weighted by molar-refractivity contribution is 5.54. The normalized spacial score (nSPS) is 16.1. The molecule has 0 spiro atoms. The van der Waals surface area contributed by atoms with Gasteiger partial charge in [0.15, 0.2) is 11.5 Å². The number of hydrogen-bond acceptors (Lipinski definition) is 8. The predicted octanol–water partition coefficient (Wildman–Crippen LogP) is 8.92. The van der Waals surface area contributed by atoms with E-state index in [0.29, 0.717) is 50.8 Å². The highest BCUT2D eigenvalue weighted by atomic mass is 17.2. The van der Waals surface area contributed by atoms with Crippen LogP contribution in [0.15, 0.2) is 12.1 Å². The Morgan fingerprint density at radius 3 is 1.50 bits per heavy atom. The maximum Gasteiger partial charge on any atom is 0.203 e. The van der Waals surface area contributed by atoms with Crippen LogP contribution in [-0.2, 0) is 16.4 Å². The molecule has 2 rings (SSSR count). The number of rotatable bonds is 30. The molecule has 3 atom stereocenters. The fraction of sp³-hybridized carbons (Fsp3) is 0.850. The van der Waals surface area contributed by atoms with Gasteiger partial charge in [-0.15, -0.1) is 0 Å². The van der Waals surface area contributed by atoms with Crippen molar-refractivity contribution in [2.75, 3.05) is 72.3 Å². The molecule has 280 valence electrons. The third-order valence-corrected chi connectivity index (χ3v) is 10.0. The number of piperazine rings is 1. The van der Waals surface area contributed by atoms with E-state index in [-0.39, 0.29) is 6.61 Å². The van der Waals surface area contributed by atoms with E-state index in [1.165, 1.54) is 57.8 Å². The lowest BCUT2D eigenvalue weighted by atomic mass is 10.00. The summed E-state index contributed by atoms with van der Waals surface area (Å²) in [6.45, 7) is 22.5.